The minimum Gasteiger partial charge on any atom is -0.313 e. The van der Waals surface area contributed by atoms with Gasteiger partial charge in [-0.3, -0.25) is 4.90 Å². The van der Waals surface area contributed by atoms with Crippen LogP contribution in [-0.2, 0) is 0 Å². The second-order valence-corrected chi connectivity index (χ2v) is 7.06. The van der Waals surface area contributed by atoms with Crippen LogP contribution in [0.1, 0.15) is 51.6 Å². The number of nitrogens with one attached hydrogen (secondary N) is 1. The first-order valence-electron chi connectivity index (χ1n) is 8.33. The smallest absolute Gasteiger partial charge is 0.0409 e. The fraction of sp³-hybridized carbons (Fsp3) is 0.667. The van der Waals surface area contributed by atoms with Crippen molar-refractivity contribution in [3.63, 3.8) is 0 Å². The Balaban J connectivity index is 2.14. The van der Waals surface area contributed by atoms with Crippen LogP contribution in [0.15, 0.2) is 24.3 Å². The Morgan fingerprint density at radius 3 is 2.76 bits per heavy atom. The molecule has 1 saturated heterocycles. The lowest BCUT2D eigenvalue weighted by molar-refractivity contribution is 0.156. The molecular weight excluding hydrogens is 280 g/mol. The van der Waals surface area contributed by atoms with Gasteiger partial charge in [-0.15, -0.1) is 0 Å². The Bertz CT molecular complexity index is 427. The number of rotatable bonds is 7. The summed E-state index contributed by atoms with van der Waals surface area (Å²) in [5.74, 6) is 0.680. The van der Waals surface area contributed by atoms with Gasteiger partial charge in [0.15, 0.2) is 0 Å². The highest BCUT2D eigenvalue weighted by Crippen LogP contribution is 2.28. The van der Waals surface area contributed by atoms with E-state index >= 15 is 0 Å². The van der Waals surface area contributed by atoms with Gasteiger partial charge in [-0.05, 0) is 49.4 Å². The standard InChI is InChI=1S/C18H29ClN2/c1-4-18(15-7-5-8-16(19)11-15)21(12-14(2)3)13-17-9-6-10-20-17/h5,7-8,11,14,17-18,20H,4,6,9-10,12-13H2,1-3H3. The molecule has 0 spiro atoms. The van der Waals surface area contributed by atoms with E-state index in [1.165, 1.54) is 24.9 Å². The summed E-state index contributed by atoms with van der Waals surface area (Å²) in [5, 5.41) is 4.48. The average molecular weight is 309 g/mol. The van der Waals surface area contributed by atoms with Crippen molar-refractivity contribution in [3.05, 3.63) is 34.9 Å². The van der Waals surface area contributed by atoms with E-state index in [0.717, 1.165) is 24.5 Å². The van der Waals surface area contributed by atoms with Crippen LogP contribution in [0.5, 0.6) is 0 Å². The highest BCUT2D eigenvalue weighted by molar-refractivity contribution is 6.30. The summed E-state index contributed by atoms with van der Waals surface area (Å²) in [6.07, 6.45) is 3.74. The normalized spacial score (nSPS) is 20.4. The summed E-state index contributed by atoms with van der Waals surface area (Å²) < 4.78 is 0. The second kappa shape index (κ2) is 8.17. The third-order valence-electron chi connectivity index (χ3n) is 4.28. The van der Waals surface area contributed by atoms with Crippen molar-refractivity contribution in [3.8, 4) is 0 Å². The molecule has 1 heterocycles. The minimum absolute atomic E-state index is 0.466. The van der Waals surface area contributed by atoms with Crippen LogP contribution in [0.3, 0.4) is 0 Å². The lowest BCUT2D eigenvalue weighted by atomic mass is 10.00. The third kappa shape index (κ3) is 4.98. The Hall–Kier alpha value is -0.570. The Kier molecular flexibility index (Phi) is 6.53. The van der Waals surface area contributed by atoms with Crippen molar-refractivity contribution in [1.29, 1.82) is 0 Å². The molecule has 3 heteroatoms. The molecule has 1 aliphatic rings. The van der Waals surface area contributed by atoms with Crippen LogP contribution in [0.4, 0.5) is 0 Å². The number of halogens is 1. The van der Waals surface area contributed by atoms with E-state index in [1.54, 1.807) is 0 Å². The van der Waals surface area contributed by atoms with Gasteiger partial charge in [-0.25, -0.2) is 0 Å². The van der Waals surface area contributed by atoms with Gasteiger partial charge in [0.2, 0.25) is 0 Å². The van der Waals surface area contributed by atoms with Crippen LogP contribution in [0.25, 0.3) is 0 Å². The molecule has 1 aromatic rings. The molecule has 2 atom stereocenters. The lowest BCUT2D eigenvalue weighted by Gasteiger charge is -2.35. The molecule has 1 aliphatic heterocycles. The first kappa shape index (κ1) is 16.8. The zero-order valence-electron chi connectivity index (χ0n) is 13.6. The van der Waals surface area contributed by atoms with E-state index in [-0.39, 0.29) is 0 Å². The molecule has 0 aliphatic carbocycles. The number of benzene rings is 1. The summed E-state index contributed by atoms with van der Waals surface area (Å²) in [4.78, 5) is 2.65. The zero-order valence-corrected chi connectivity index (χ0v) is 14.4. The molecule has 0 aromatic heterocycles. The Morgan fingerprint density at radius 2 is 2.19 bits per heavy atom. The van der Waals surface area contributed by atoms with Gasteiger partial charge in [-0.2, -0.15) is 0 Å². The number of nitrogens with zero attached hydrogens (tertiary/aromatic N) is 1. The monoisotopic (exact) mass is 308 g/mol. The molecular formula is C18H29ClN2. The summed E-state index contributed by atoms with van der Waals surface area (Å²) >= 11 is 6.20. The van der Waals surface area contributed by atoms with E-state index in [1.807, 2.05) is 6.07 Å². The fourth-order valence-corrected chi connectivity index (χ4v) is 3.61. The molecule has 2 nitrogen and oxygen atoms in total. The highest BCUT2D eigenvalue weighted by atomic mass is 35.5. The quantitative estimate of drug-likeness (QED) is 0.798. The largest absolute Gasteiger partial charge is 0.313 e. The van der Waals surface area contributed by atoms with E-state index < -0.39 is 0 Å². The van der Waals surface area contributed by atoms with E-state index in [0.29, 0.717) is 18.0 Å². The number of hydrogen-bond acceptors (Lipinski definition) is 2. The maximum atomic E-state index is 6.20. The van der Waals surface area contributed by atoms with Gasteiger partial charge in [0.1, 0.15) is 0 Å². The number of hydrogen-bond donors (Lipinski definition) is 1. The molecule has 0 bridgehead atoms. The predicted octanol–water partition coefficient (Wildman–Crippen LogP) is 4.50. The minimum atomic E-state index is 0.466. The lowest BCUT2D eigenvalue weighted by Crippen LogP contribution is -2.41. The van der Waals surface area contributed by atoms with Crippen molar-refractivity contribution in [1.82, 2.24) is 10.2 Å². The molecule has 2 rings (SSSR count). The molecule has 21 heavy (non-hydrogen) atoms. The van der Waals surface area contributed by atoms with Crippen LogP contribution in [-0.4, -0.2) is 30.6 Å². The molecule has 0 saturated carbocycles. The molecule has 1 N–H and O–H groups in total. The van der Waals surface area contributed by atoms with Gasteiger partial charge >= 0.3 is 0 Å². The van der Waals surface area contributed by atoms with Crippen molar-refractivity contribution in [2.24, 2.45) is 5.92 Å². The maximum absolute atomic E-state index is 6.20. The topological polar surface area (TPSA) is 15.3 Å². The molecule has 2 unspecified atom stereocenters. The van der Waals surface area contributed by atoms with Gasteiger partial charge in [0.05, 0.1) is 0 Å². The van der Waals surface area contributed by atoms with Crippen molar-refractivity contribution >= 4 is 11.6 Å². The van der Waals surface area contributed by atoms with Crippen LogP contribution >= 0.6 is 11.6 Å². The summed E-state index contributed by atoms with van der Waals surface area (Å²) in [6.45, 7) is 10.3. The van der Waals surface area contributed by atoms with Gasteiger partial charge < -0.3 is 5.32 Å². The Morgan fingerprint density at radius 1 is 1.38 bits per heavy atom. The van der Waals surface area contributed by atoms with Crippen LogP contribution in [0.2, 0.25) is 5.02 Å². The first-order chi connectivity index (χ1) is 10.1. The van der Waals surface area contributed by atoms with Gasteiger partial charge in [-0.1, -0.05) is 44.5 Å². The fourth-order valence-electron chi connectivity index (χ4n) is 3.41. The van der Waals surface area contributed by atoms with Crippen molar-refractivity contribution in [2.75, 3.05) is 19.6 Å². The Labute approximate surface area is 134 Å². The third-order valence-corrected chi connectivity index (χ3v) is 4.51. The molecule has 1 aromatic carbocycles. The summed E-state index contributed by atoms with van der Waals surface area (Å²) in [5.41, 5.74) is 1.35. The van der Waals surface area contributed by atoms with Crippen molar-refractivity contribution < 1.29 is 0 Å². The maximum Gasteiger partial charge on any atom is 0.0409 e. The predicted molar refractivity (Wildman–Crippen MR) is 91.9 cm³/mol. The summed E-state index contributed by atoms with van der Waals surface area (Å²) in [7, 11) is 0. The van der Waals surface area contributed by atoms with E-state index in [9.17, 15) is 0 Å². The average Bonchev–Trinajstić information content (AvgIpc) is 2.92. The van der Waals surface area contributed by atoms with Gasteiger partial charge in [0.25, 0.3) is 0 Å². The van der Waals surface area contributed by atoms with Gasteiger partial charge in [0, 0.05) is 30.2 Å². The van der Waals surface area contributed by atoms with Crippen molar-refractivity contribution in [2.45, 2.75) is 52.1 Å². The molecule has 0 amide bonds. The second-order valence-electron chi connectivity index (χ2n) is 6.62. The SMILES string of the molecule is CCC(c1cccc(Cl)c1)N(CC(C)C)CC1CCCN1. The molecule has 1 fully saturated rings. The summed E-state index contributed by atoms with van der Waals surface area (Å²) in [6, 6.07) is 9.50. The van der Waals surface area contributed by atoms with E-state index in [4.69, 9.17) is 11.6 Å². The van der Waals surface area contributed by atoms with Crippen LogP contribution < -0.4 is 5.32 Å². The zero-order chi connectivity index (χ0) is 15.2. The van der Waals surface area contributed by atoms with E-state index in [2.05, 4.69) is 49.2 Å². The highest BCUT2D eigenvalue weighted by Gasteiger charge is 2.24. The first-order valence-corrected chi connectivity index (χ1v) is 8.70. The van der Waals surface area contributed by atoms with Crippen LogP contribution in [0, 0.1) is 5.92 Å². The molecule has 118 valence electrons. The molecule has 0 radical (unpaired) electrons.